The molecule has 0 heterocycles. The SMILES string of the molecule is COCC(C)NC(=NCC1CCCC(C)C1)NN. The first-order chi connectivity index (χ1) is 8.65. The van der Waals surface area contributed by atoms with E-state index in [1.165, 1.54) is 25.7 Å². The van der Waals surface area contributed by atoms with E-state index in [2.05, 4.69) is 22.7 Å². The summed E-state index contributed by atoms with van der Waals surface area (Å²) in [5.74, 6) is 7.69. The summed E-state index contributed by atoms with van der Waals surface area (Å²) in [4.78, 5) is 4.54. The van der Waals surface area contributed by atoms with Gasteiger partial charge in [0.15, 0.2) is 0 Å². The van der Waals surface area contributed by atoms with Crippen LogP contribution < -0.4 is 16.6 Å². The average molecular weight is 256 g/mol. The first-order valence-electron chi connectivity index (χ1n) is 6.92. The number of hydrogen-bond donors (Lipinski definition) is 3. The summed E-state index contributed by atoms with van der Waals surface area (Å²) in [5, 5.41) is 3.21. The molecule has 0 amide bonds. The van der Waals surface area contributed by atoms with Crippen molar-refractivity contribution in [3.8, 4) is 0 Å². The molecule has 0 aromatic heterocycles. The zero-order valence-electron chi connectivity index (χ0n) is 11.9. The van der Waals surface area contributed by atoms with Gasteiger partial charge in [0.25, 0.3) is 0 Å². The van der Waals surface area contributed by atoms with E-state index >= 15 is 0 Å². The molecular weight excluding hydrogens is 228 g/mol. The van der Waals surface area contributed by atoms with Gasteiger partial charge in [-0.1, -0.05) is 19.8 Å². The summed E-state index contributed by atoms with van der Waals surface area (Å²) in [6.45, 7) is 5.87. The highest BCUT2D eigenvalue weighted by Gasteiger charge is 2.18. The van der Waals surface area contributed by atoms with Crippen LogP contribution in [0.2, 0.25) is 0 Å². The molecule has 0 aromatic rings. The van der Waals surface area contributed by atoms with Crippen molar-refractivity contribution in [2.75, 3.05) is 20.3 Å². The van der Waals surface area contributed by atoms with Crippen LogP contribution in [0.1, 0.15) is 39.5 Å². The largest absolute Gasteiger partial charge is 0.383 e. The molecule has 4 N–H and O–H groups in total. The number of guanidine groups is 1. The van der Waals surface area contributed by atoms with Crippen LogP contribution in [-0.2, 0) is 4.74 Å². The average Bonchev–Trinajstić information content (AvgIpc) is 2.35. The Morgan fingerprint density at radius 1 is 1.50 bits per heavy atom. The van der Waals surface area contributed by atoms with Gasteiger partial charge in [-0.2, -0.15) is 0 Å². The Labute approximate surface area is 111 Å². The molecule has 5 heteroatoms. The third-order valence-corrected chi connectivity index (χ3v) is 3.49. The highest BCUT2D eigenvalue weighted by atomic mass is 16.5. The van der Waals surface area contributed by atoms with Crippen molar-refractivity contribution in [2.45, 2.75) is 45.6 Å². The van der Waals surface area contributed by atoms with Gasteiger partial charge in [0.1, 0.15) is 0 Å². The second kappa shape index (κ2) is 8.32. The second-order valence-corrected chi connectivity index (χ2v) is 5.47. The van der Waals surface area contributed by atoms with Crippen LogP contribution in [0.4, 0.5) is 0 Å². The molecule has 3 unspecified atom stereocenters. The predicted molar refractivity (Wildman–Crippen MR) is 75.2 cm³/mol. The molecule has 0 aromatic carbocycles. The van der Waals surface area contributed by atoms with Crippen LogP contribution in [0, 0.1) is 11.8 Å². The standard InChI is InChI=1S/C13H28N4O/c1-10-5-4-6-12(7-10)8-15-13(17-14)16-11(2)9-18-3/h10-12H,4-9,14H2,1-3H3,(H2,15,16,17). The Morgan fingerprint density at radius 2 is 2.28 bits per heavy atom. The van der Waals surface area contributed by atoms with Crippen molar-refractivity contribution in [1.29, 1.82) is 0 Å². The first-order valence-corrected chi connectivity index (χ1v) is 6.92. The van der Waals surface area contributed by atoms with Gasteiger partial charge in [0, 0.05) is 19.7 Å². The van der Waals surface area contributed by atoms with Crippen LogP contribution in [-0.4, -0.2) is 32.3 Å². The minimum atomic E-state index is 0.204. The number of hydrazine groups is 1. The summed E-state index contributed by atoms with van der Waals surface area (Å²) in [6, 6.07) is 0.204. The number of hydrogen-bond acceptors (Lipinski definition) is 3. The molecule has 0 bridgehead atoms. The lowest BCUT2D eigenvalue weighted by molar-refractivity contribution is 0.179. The van der Waals surface area contributed by atoms with Gasteiger partial charge in [-0.3, -0.25) is 10.4 Å². The fraction of sp³-hybridized carbons (Fsp3) is 0.923. The van der Waals surface area contributed by atoms with E-state index in [1.54, 1.807) is 7.11 Å². The van der Waals surface area contributed by atoms with Crippen molar-refractivity contribution in [3.05, 3.63) is 0 Å². The van der Waals surface area contributed by atoms with Gasteiger partial charge in [-0.25, -0.2) is 5.84 Å². The molecule has 1 fully saturated rings. The van der Waals surface area contributed by atoms with E-state index in [-0.39, 0.29) is 6.04 Å². The van der Waals surface area contributed by atoms with Crippen molar-refractivity contribution >= 4 is 5.96 Å². The fourth-order valence-electron chi connectivity index (χ4n) is 2.60. The maximum atomic E-state index is 5.48. The molecule has 5 nitrogen and oxygen atoms in total. The van der Waals surface area contributed by atoms with Gasteiger partial charge >= 0.3 is 0 Å². The number of ether oxygens (including phenoxy) is 1. The Balaban J connectivity index is 2.36. The smallest absolute Gasteiger partial charge is 0.206 e. The van der Waals surface area contributed by atoms with E-state index in [9.17, 15) is 0 Å². The summed E-state index contributed by atoms with van der Waals surface area (Å²) in [7, 11) is 1.69. The molecule has 18 heavy (non-hydrogen) atoms. The number of nitrogens with two attached hydrogens (primary N) is 1. The van der Waals surface area contributed by atoms with Crippen LogP contribution >= 0.6 is 0 Å². The lowest BCUT2D eigenvalue weighted by atomic mass is 9.82. The minimum absolute atomic E-state index is 0.204. The summed E-state index contributed by atoms with van der Waals surface area (Å²) in [5.41, 5.74) is 2.63. The summed E-state index contributed by atoms with van der Waals surface area (Å²) < 4.78 is 5.07. The molecule has 3 atom stereocenters. The number of nitrogens with zero attached hydrogens (tertiary/aromatic N) is 1. The molecular formula is C13H28N4O. The third-order valence-electron chi connectivity index (χ3n) is 3.49. The van der Waals surface area contributed by atoms with Gasteiger partial charge < -0.3 is 10.1 Å². The molecule has 106 valence electrons. The highest BCUT2D eigenvalue weighted by Crippen LogP contribution is 2.28. The molecule has 1 aliphatic rings. The van der Waals surface area contributed by atoms with Gasteiger partial charge in [-0.05, 0) is 31.6 Å². The molecule has 0 saturated heterocycles. The van der Waals surface area contributed by atoms with Gasteiger partial charge in [0.05, 0.1) is 6.61 Å². The van der Waals surface area contributed by atoms with E-state index in [4.69, 9.17) is 10.6 Å². The Hall–Kier alpha value is -0.810. The Morgan fingerprint density at radius 3 is 2.89 bits per heavy atom. The molecule has 0 radical (unpaired) electrons. The maximum absolute atomic E-state index is 5.48. The first kappa shape index (κ1) is 15.2. The van der Waals surface area contributed by atoms with Crippen molar-refractivity contribution in [1.82, 2.24) is 10.7 Å². The topological polar surface area (TPSA) is 71.7 Å². The third kappa shape index (κ3) is 5.69. The molecule has 1 rings (SSSR count). The lowest BCUT2D eigenvalue weighted by Crippen LogP contribution is -2.47. The Kier molecular flexibility index (Phi) is 7.05. The van der Waals surface area contributed by atoms with Gasteiger partial charge in [0.2, 0.25) is 5.96 Å². The van der Waals surface area contributed by atoms with Gasteiger partial charge in [-0.15, -0.1) is 0 Å². The number of methoxy groups -OCH3 is 1. The number of rotatable bonds is 5. The van der Waals surface area contributed by atoms with E-state index in [0.29, 0.717) is 18.5 Å². The normalized spacial score (nSPS) is 26.8. The molecule has 0 spiro atoms. The number of nitrogens with one attached hydrogen (secondary N) is 2. The quantitative estimate of drug-likeness (QED) is 0.300. The van der Waals surface area contributed by atoms with Crippen molar-refractivity contribution in [3.63, 3.8) is 0 Å². The maximum Gasteiger partial charge on any atom is 0.206 e. The van der Waals surface area contributed by atoms with Crippen LogP contribution in [0.3, 0.4) is 0 Å². The van der Waals surface area contributed by atoms with Crippen LogP contribution in [0.5, 0.6) is 0 Å². The molecule has 1 saturated carbocycles. The van der Waals surface area contributed by atoms with E-state index in [0.717, 1.165) is 12.5 Å². The summed E-state index contributed by atoms with van der Waals surface area (Å²) in [6.07, 6.45) is 5.28. The molecule has 1 aliphatic carbocycles. The Bertz CT molecular complexity index is 257. The zero-order valence-corrected chi connectivity index (χ0v) is 11.9. The van der Waals surface area contributed by atoms with Crippen LogP contribution in [0.15, 0.2) is 4.99 Å². The van der Waals surface area contributed by atoms with E-state index < -0.39 is 0 Å². The zero-order chi connectivity index (χ0) is 13.4. The predicted octanol–water partition coefficient (Wildman–Crippen LogP) is 1.26. The molecule has 0 aliphatic heterocycles. The highest BCUT2D eigenvalue weighted by molar-refractivity contribution is 5.79. The second-order valence-electron chi connectivity index (χ2n) is 5.47. The fourth-order valence-corrected chi connectivity index (χ4v) is 2.60. The van der Waals surface area contributed by atoms with Crippen molar-refractivity contribution < 1.29 is 4.74 Å². The lowest BCUT2D eigenvalue weighted by Gasteiger charge is -2.25. The van der Waals surface area contributed by atoms with Crippen molar-refractivity contribution in [2.24, 2.45) is 22.7 Å². The summed E-state index contributed by atoms with van der Waals surface area (Å²) >= 11 is 0. The number of aliphatic imine (C=N–C) groups is 1. The van der Waals surface area contributed by atoms with Crippen LogP contribution in [0.25, 0.3) is 0 Å². The van der Waals surface area contributed by atoms with E-state index in [1.807, 2.05) is 6.92 Å². The minimum Gasteiger partial charge on any atom is -0.383 e. The monoisotopic (exact) mass is 256 g/mol.